The smallest absolute Gasteiger partial charge is 0.0995 e. The lowest BCUT2D eigenvalue weighted by atomic mass is 10.00. The molecule has 0 radical (unpaired) electrons. The van der Waals surface area contributed by atoms with Crippen molar-refractivity contribution < 1.29 is 0 Å². The number of nitrogens with one attached hydrogen (secondary N) is 1. The zero-order valence-corrected chi connectivity index (χ0v) is 12.3. The van der Waals surface area contributed by atoms with E-state index in [4.69, 9.17) is 5.26 Å². The fraction of sp³-hybridized carbons (Fsp3) is 0.278. The summed E-state index contributed by atoms with van der Waals surface area (Å²) in [5.41, 5.74) is 5.69. The minimum absolute atomic E-state index is 0.266. The molecule has 2 nitrogen and oxygen atoms in total. The number of nitrogens with zero attached hydrogens (tertiary/aromatic N) is 1. The van der Waals surface area contributed by atoms with E-state index >= 15 is 0 Å². The van der Waals surface area contributed by atoms with E-state index in [9.17, 15) is 0 Å². The molecule has 0 saturated heterocycles. The van der Waals surface area contributed by atoms with E-state index in [2.05, 4.69) is 50.4 Å². The predicted octanol–water partition coefficient (Wildman–Crippen LogP) is 4.03. The van der Waals surface area contributed by atoms with Gasteiger partial charge < -0.3 is 5.32 Å². The van der Waals surface area contributed by atoms with Crippen LogP contribution in [0.4, 0.5) is 0 Å². The van der Waals surface area contributed by atoms with Gasteiger partial charge in [0.05, 0.1) is 11.6 Å². The number of benzene rings is 2. The quantitative estimate of drug-likeness (QED) is 0.905. The van der Waals surface area contributed by atoms with Crippen LogP contribution in [0.2, 0.25) is 0 Å². The van der Waals surface area contributed by atoms with Gasteiger partial charge in [-0.05, 0) is 43.5 Å². The van der Waals surface area contributed by atoms with Crippen LogP contribution >= 0.6 is 0 Å². The lowest BCUT2D eigenvalue weighted by Gasteiger charge is -2.17. The topological polar surface area (TPSA) is 35.8 Å². The zero-order chi connectivity index (χ0) is 14.5. The molecule has 2 heteroatoms. The lowest BCUT2D eigenvalue weighted by Crippen LogP contribution is -2.19. The molecule has 0 aliphatic heterocycles. The monoisotopic (exact) mass is 264 g/mol. The van der Waals surface area contributed by atoms with Gasteiger partial charge in [0.15, 0.2) is 0 Å². The Morgan fingerprint density at radius 2 is 1.90 bits per heavy atom. The van der Waals surface area contributed by atoms with Crippen LogP contribution in [0.1, 0.15) is 40.8 Å². The number of hydrogen-bond donors (Lipinski definition) is 1. The molecule has 20 heavy (non-hydrogen) atoms. The number of hydrogen-bond acceptors (Lipinski definition) is 2. The first-order chi connectivity index (χ1) is 9.61. The lowest BCUT2D eigenvalue weighted by molar-refractivity contribution is 0.571. The maximum Gasteiger partial charge on any atom is 0.0995 e. The van der Waals surface area contributed by atoms with Crippen molar-refractivity contribution in [1.29, 1.82) is 5.26 Å². The summed E-state index contributed by atoms with van der Waals surface area (Å²) < 4.78 is 0. The summed E-state index contributed by atoms with van der Waals surface area (Å²) in [4.78, 5) is 0. The van der Waals surface area contributed by atoms with Crippen molar-refractivity contribution in [2.45, 2.75) is 33.4 Å². The number of rotatable bonds is 4. The molecule has 0 heterocycles. The van der Waals surface area contributed by atoms with Crippen molar-refractivity contribution in [3.8, 4) is 6.07 Å². The molecule has 0 bridgehead atoms. The van der Waals surface area contributed by atoms with Gasteiger partial charge in [-0.25, -0.2) is 0 Å². The van der Waals surface area contributed by atoms with Crippen LogP contribution in [0.25, 0.3) is 0 Å². The fourth-order valence-corrected chi connectivity index (χ4v) is 2.47. The first kappa shape index (κ1) is 14.3. The molecular weight excluding hydrogens is 244 g/mol. The van der Waals surface area contributed by atoms with Crippen LogP contribution in [0, 0.1) is 25.2 Å². The van der Waals surface area contributed by atoms with E-state index in [0.717, 1.165) is 11.1 Å². The summed E-state index contributed by atoms with van der Waals surface area (Å²) in [6.07, 6.45) is 0. The Kier molecular flexibility index (Phi) is 4.55. The first-order valence-corrected chi connectivity index (χ1v) is 6.90. The number of nitriles is 1. The van der Waals surface area contributed by atoms with Gasteiger partial charge in [0, 0.05) is 12.6 Å². The Morgan fingerprint density at radius 1 is 1.15 bits per heavy atom. The van der Waals surface area contributed by atoms with E-state index in [-0.39, 0.29) is 6.04 Å². The molecule has 0 amide bonds. The Balaban J connectivity index is 2.09. The van der Waals surface area contributed by atoms with Gasteiger partial charge in [0.25, 0.3) is 0 Å². The molecule has 0 aromatic heterocycles. The highest BCUT2D eigenvalue weighted by molar-refractivity contribution is 5.37. The van der Waals surface area contributed by atoms with Crippen LogP contribution in [0.3, 0.4) is 0 Å². The molecule has 102 valence electrons. The number of aryl methyl sites for hydroxylation is 2. The van der Waals surface area contributed by atoms with Gasteiger partial charge in [-0.1, -0.05) is 42.0 Å². The second-order valence-corrected chi connectivity index (χ2v) is 5.23. The maximum atomic E-state index is 9.10. The van der Waals surface area contributed by atoms with Gasteiger partial charge in [-0.15, -0.1) is 0 Å². The Bertz CT molecular complexity index is 638. The third-order valence-corrected chi connectivity index (χ3v) is 3.63. The summed E-state index contributed by atoms with van der Waals surface area (Å²) in [5, 5.41) is 12.6. The van der Waals surface area contributed by atoms with Crippen molar-refractivity contribution in [3.63, 3.8) is 0 Å². The highest BCUT2D eigenvalue weighted by Gasteiger charge is 2.09. The molecule has 0 aliphatic rings. The van der Waals surface area contributed by atoms with Crippen LogP contribution in [0.15, 0.2) is 42.5 Å². The van der Waals surface area contributed by atoms with E-state index in [1.54, 1.807) is 0 Å². The molecular formula is C18H20N2. The Morgan fingerprint density at radius 3 is 2.60 bits per heavy atom. The SMILES string of the molecule is Cc1ccc(C(C)NCc2ccccc2C#N)c(C)c1. The normalized spacial score (nSPS) is 11.9. The molecule has 0 spiro atoms. The summed E-state index contributed by atoms with van der Waals surface area (Å²) in [6.45, 7) is 7.12. The second kappa shape index (κ2) is 6.36. The molecule has 2 aromatic rings. The molecule has 0 aliphatic carbocycles. The molecule has 1 N–H and O–H groups in total. The molecule has 0 fully saturated rings. The molecule has 1 atom stereocenters. The standard InChI is InChI=1S/C18H20N2/c1-13-8-9-18(14(2)10-13)15(3)20-12-17-7-5-4-6-16(17)11-19/h4-10,15,20H,12H2,1-3H3. The van der Waals surface area contributed by atoms with Crippen LogP contribution in [-0.4, -0.2) is 0 Å². The van der Waals surface area contributed by atoms with Crippen molar-refractivity contribution in [2.75, 3.05) is 0 Å². The summed E-state index contributed by atoms with van der Waals surface area (Å²) >= 11 is 0. The summed E-state index contributed by atoms with van der Waals surface area (Å²) in [7, 11) is 0. The van der Waals surface area contributed by atoms with Gasteiger partial charge in [0.2, 0.25) is 0 Å². The molecule has 2 aromatic carbocycles. The van der Waals surface area contributed by atoms with E-state index in [1.165, 1.54) is 16.7 Å². The average Bonchev–Trinajstić information content (AvgIpc) is 2.45. The minimum atomic E-state index is 0.266. The predicted molar refractivity (Wildman–Crippen MR) is 82.3 cm³/mol. The van der Waals surface area contributed by atoms with E-state index in [0.29, 0.717) is 6.54 Å². The Labute approximate surface area is 121 Å². The van der Waals surface area contributed by atoms with E-state index in [1.807, 2.05) is 24.3 Å². The van der Waals surface area contributed by atoms with E-state index < -0.39 is 0 Å². The van der Waals surface area contributed by atoms with Crippen LogP contribution < -0.4 is 5.32 Å². The van der Waals surface area contributed by atoms with Gasteiger partial charge in [0.1, 0.15) is 0 Å². The van der Waals surface area contributed by atoms with Crippen molar-refractivity contribution in [3.05, 3.63) is 70.3 Å². The van der Waals surface area contributed by atoms with Gasteiger partial charge >= 0.3 is 0 Å². The minimum Gasteiger partial charge on any atom is -0.306 e. The second-order valence-electron chi connectivity index (χ2n) is 5.23. The maximum absolute atomic E-state index is 9.10. The highest BCUT2D eigenvalue weighted by atomic mass is 14.9. The first-order valence-electron chi connectivity index (χ1n) is 6.90. The third kappa shape index (κ3) is 3.26. The van der Waals surface area contributed by atoms with Gasteiger partial charge in [-0.3, -0.25) is 0 Å². The third-order valence-electron chi connectivity index (χ3n) is 3.63. The molecule has 2 rings (SSSR count). The van der Waals surface area contributed by atoms with Gasteiger partial charge in [-0.2, -0.15) is 5.26 Å². The van der Waals surface area contributed by atoms with Crippen molar-refractivity contribution >= 4 is 0 Å². The average molecular weight is 264 g/mol. The highest BCUT2D eigenvalue weighted by Crippen LogP contribution is 2.19. The van der Waals surface area contributed by atoms with Crippen LogP contribution in [-0.2, 0) is 6.54 Å². The van der Waals surface area contributed by atoms with Crippen molar-refractivity contribution in [2.24, 2.45) is 0 Å². The Hall–Kier alpha value is -2.11. The molecule has 1 unspecified atom stereocenters. The fourth-order valence-electron chi connectivity index (χ4n) is 2.47. The summed E-state index contributed by atoms with van der Waals surface area (Å²) in [5.74, 6) is 0. The van der Waals surface area contributed by atoms with Crippen LogP contribution in [0.5, 0.6) is 0 Å². The largest absolute Gasteiger partial charge is 0.306 e. The van der Waals surface area contributed by atoms with Crippen molar-refractivity contribution in [1.82, 2.24) is 5.32 Å². The summed E-state index contributed by atoms with van der Waals surface area (Å²) in [6, 6.07) is 16.8. The zero-order valence-electron chi connectivity index (χ0n) is 12.3. The molecule has 0 saturated carbocycles.